The minimum Gasteiger partial charge on any atom is -0.299 e. The molecule has 0 amide bonds. The Hall–Kier alpha value is -1.20. The van der Waals surface area contributed by atoms with Crippen LogP contribution in [0.2, 0.25) is 0 Å². The number of hydrogen-bond donors (Lipinski definition) is 1. The van der Waals surface area contributed by atoms with Crippen molar-refractivity contribution in [3.63, 3.8) is 0 Å². The van der Waals surface area contributed by atoms with Gasteiger partial charge in [-0.2, -0.15) is 8.42 Å². The number of Topliss-reactive ketones (excluding diaryl/α,β-unsaturated/α-hetero) is 1. The smallest absolute Gasteiger partial charge is 0.294 e. The van der Waals surface area contributed by atoms with E-state index in [2.05, 4.69) is 0 Å². The summed E-state index contributed by atoms with van der Waals surface area (Å²) in [6, 6.07) is 4.55. The molecule has 0 bridgehead atoms. The minimum absolute atomic E-state index is 0.0250. The first kappa shape index (κ1) is 13.9. The molecule has 0 radical (unpaired) electrons. The van der Waals surface area contributed by atoms with E-state index in [1.54, 1.807) is 12.1 Å². The lowest BCUT2D eigenvalue weighted by Gasteiger charge is -2.07. The number of hydrogen-bond acceptors (Lipinski definition) is 3. The molecule has 0 saturated heterocycles. The van der Waals surface area contributed by atoms with Crippen molar-refractivity contribution in [2.24, 2.45) is 0 Å². The molecule has 0 aliphatic heterocycles. The van der Waals surface area contributed by atoms with Crippen LogP contribution in [0, 0.1) is 6.92 Å². The van der Waals surface area contributed by atoms with Crippen LogP contribution in [-0.2, 0) is 21.3 Å². The van der Waals surface area contributed by atoms with Crippen molar-refractivity contribution < 1.29 is 17.8 Å². The average Bonchev–Trinajstić information content (AvgIpc) is 2.15. The summed E-state index contributed by atoms with van der Waals surface area (Å²) in [6.45, 7) is 3.69. The van der Waals surface area contributed by atoms with Gasteiger partial charge < -0.3 is 0 Å². The predicted molar refractivity (Wildman–Crippen MR) is 64.6 cm³/mol. The first-order valence-electron chi connectivity index (χ1n) is 5.43. The van der Waals surface area contributed by atoms with Crippen molar-refractivity contribution in [1.82, 2.24) is 0 Å². The van der Waals surface area contributed by atoms with Gasteiger partial charge in [-0.25, -0.2) is 0 Å². The van der Waals surface area contributed by atoms with Crippen LogP contribution in [0.3, 0.4) is 0 Å². The molecular weight excluding hydrogens is 240 g/mol. The number of benzene rings is 1. The molecule has 0 fully saturated rings. The van der Waals surface area contributed by atoms with E-state index < -0.39 is 10.1 Å². The maximum atomic E-state index is 11.5. The van der Waals surface area contributed by atoms with Gasteiger partial charge in [0.15, 0.2) is 0 Å². The number of aryl methyl sites for hydroxylation is 1. The lowest BCUT2D eigenvalue weighted by atomic mass is 10.0. The van der Waals surface area contributed by atoms with Gasteiger partial charge in [0.05, 0.1) is 4.90 Å². The summed E-state index contributed by atoms with van der Waals surface area (Å²) in [4.78, 5) is 11.4. The highest BCUT2D eigenvalue weighted by molar-refractivity contribution is 7.85. The maximum Gasteiger partial charge on any atom is 0.294 e. The summed E-state index contributed by atoms with van der Waals surface area (Å²) in [5, 5.41) is 0. The van der Waals surface area contributed by atoms with Crippen molar-refractivity contribution in [2.75, 3.05) is 0 Å². The van der Waals surface area contributed by atoms with E-state index in [1.807, 2.05) is 13.8 Å². The van der Waals surface area contributed by atoms with Crippen molar-refractivity contribution in [2.45, 2.75) is 38.0 Å². The summed E-state index contributed by atoms with van der Waals surface area (Å²) in [5.74, 6) is -0.0250. The zero-order chi connectivity index (χ0) is 13.1. The Morgan fingerprint density at radius 3 is 2.53 bits per heavy atom. The first-order chi connectivity index (χ1) is 7.84. The maximum absolute atomic E-state index is 11.5. The minimum atomic E-state index is -4.26. The van der Waals surface area contributed by atoms with Crippen LogP contribution in [0.5, 0.6) is 0 Å². The van der Waals surface area contributed by atoms with Gasteiger partial charge in [-0.15, -0.1) is 0 Å². The second-order valence-electron chi connectivity index (χ2n) is 4.05. The Balaban J connectivity index is 3.13. The van der Waals surface area contributed by atoms with Gasteiger partial charge in [-0.05, 0) is 25.0 Å². The summed E-state index contributed by atoms with van der Waals surface area (Å²) in [6.07, 6.45) is 1.19. The molecule has 0 aliphatic rings. The highest BCUT2D eigenvalue weighted by Crippen LogP contribution is 2.18. The molecule has 0 aliphatic carbocycles. The van der Waals surface area contributed by atoms with E-state index in [9.17, 15) is 13.2 Å². The molecular formula is C12H16O4S. The number of ketones is 1. The van der Waals surface area contributed by atoms with Gasteiger partial charge in [-0.3, -0.25) is 9.35 Å². The summed E-state index contributed by atoms with van der Waals surface area (Å²) in [5.41, 5.74) is 1.22. The average molecular weight is 256 g/mol. The van der Waals surface area contributed by atoms with E-state index in [0.29, 0.717) is 12.0 Å². The highest BCUT2D eigenvalue weighted by atomic mass is 32.2. The van der Waals surface area contributed by atoms with Crippen LogP contribution in [-0.4, -0.2) is 18.8 Å². The molecule has 17 heavy (non-hydrogen) atoms. The van der Waals surface area contributed by atoms with E-state index >= 15 is 0 Å². The molecule has 5 heteroatoms. The molecule has 4 nitrogen and oxygen atoms in total. The van der Waals surface area contributed by atoms with E-state index in [4.69, 9.17) is 4.55 Å². The van der Waals surface area contributed by atoms with Crippen molar-refractivity contribution in [3.8, 4) is 0 Å². The normalized spacial score (nSPS) is 11.5. The largest absolute Gasteiger partial charge is 0.299 e. The Morgan fingerprint density at radius 1 is 1.35 bits per heavy atom. The predicted octanol–water partition coefficient (Wildman–Crippen LogP) is 2.15. The Labute approximate surface area is 101 Å². The fourth-order valence-electron chi connectivity index (χ4n) is 1.68. The summed E-state index contributed by atoms with van der Waals surface area (Å²) >= 11 is 0. The molecule has 0 atom stereocenters. The molecule has 1 N–H and O–H groups in total. The van der Waals surface area contributed by atoms with Gasteiger partial charge in [0.2, 0.25) is 0 Å². The van der Waals surface area contributed by atoms with Crippen LogP contribution < -0.4 is 0 Å². The fraction of sp³-hybridized carbons (Fsp3) is 0.417. The first-order valence-corrected chi connectivity index (χ1v) is 6.87. The molecule has 0 aromatic heterocycles. The zero-order valence-electron chi connectivity index (χ0n) is 9.93. The molecule has 0 heterocycles. The van der Waals surface area contributed by atoms with E-state index in [-0.39, 0.29) is 17.1 Å². The molecule has 1 aromatic carbocycles. The molecule has 0 unspecified atom stereocenters. The SMILES string of the molecule is CCCC(=O)Cc1cc(C)ccc1S(=O)(=O)O. The summed E-state index contributed by atoms with van der Waals surface area (Å²) in [7, 11) is -4.26. The van der Waals surface area contributed by atoms with Crippen LogP contribution in [0.15, 0.2) is 23.1 Å². The van der Waals surface area contributed by atoms with Crippen LogP contribution in [0.1, 0.15) is 30.9 Å². The van der Waals surface area contributed by atoms with Gasteiger partial charge in [0.25, 0.3) is 10.1 Å². The van der Waals surface area contributed by atoms with Gasteiger partial charge in [0, 0.05) is 12.8 Å². The van der Waals surface area contributed by atoms with Crippen LogP contribution in [0.25, 0.3) is 0 Å². The summed E-state index contributed by atoms with van der Waals surface area (Å²) < 4.78 is 31.4. The van der Waals surface area contributed by atoms with Crippen molar-refractivity contribution >= 4 is 15.9 Å². The van der Waals surface area contributed by atoms with Crippen LogP contribution >= 0.6 is 0 Å². The number of rotatable bonds is 5. The molecule has 1 aromatic rings. The van der Waals surface area contributed by atoms with Crippen molar-refractivity contribution in [1.29, 1.82) is 0 Å². The lowest BCUT2D eigenvalue weighted by Crippen LogP contribution is -2.08. The van der Waals surface area contributed by atoms with Gasteiger partial charge in [0.1, 0.15) is 5.78 Å². The third-order valence-corrected chi connectivity index (χ3v) is 3.36. The molecule has 1 rings (SSSR count). The Bertz CT molecular complexity index is 517. The standard InChI is InChI=1S/C12H16O4S/c1-3-4-11(13)8-10-7-9(2)5-6-12(10)17(14,15)16/h5-7H,3-4,8H2,1-2H3,(H,14,15,16). The quantitative estimate of drug-likeness (QED) is 0.819. The number of carbonyl (C=O) groups excluding carboxylic acids is 1. The Morgan fingerprint density at radius 2 is 2.00 bits per heavy atom. The molecule has 0 saturated carbocycles. The monoisotopic (exact) mass is 256 g/mol. The molecule has 94 valence electrons. The van der Waals surface area contributed by atoms with E-state index in [1.165, 1.54) is 6.07 Å². The third-order valence-electron chi connectivity index (χ3n) is 2.41. The second kappa shape index (κ2) is 5.42. The Kier molecular flexibility index (Phi) is 4.42. The lowest BCUT2D eigenvalue weighted by molar-refractivity contribution is -0.118. The molecule has 0 spiro atoms. The fourth-order valence-corrected chi connectivity index (χ4v) is 2.38. The van der Waals surface area contributed by atoms with Crippen LogP contribution in [0.4, 0.5) is 0 Å². The topological polar surface area (TPSA) is 71.4 Å². The van der Waals surface area contributed by atoms with Crippen molar-refractivity contribution in [3.05, 3.63) is 29.3 Å². The van der Waals surface area contributed by atoms with Gasteiger partial charge >= 0.3 is 0 Å². The number of carbonyl (C=O) groups is 1. The van der Waals surface area contributed by atoms with Gasteiger partial charge in [-0.1, -0.05) is 24.6 Å². The third kappa shape index (κ3) is 3.94. The second-order valence-corrected chi connectivity index (χ2v) is 5.44. The zero-order valence-corrected chi connectivity index (χ0v) is 10.8. The highest BCUT2D eigenvalue weighted by Gasteiger charge is 2.17. The van der Waals surface area contributed by atoms with E-state index in [0.717, 1.165) is 12.0 Å².